The lowest BCUT2D eigenvalue weighted by Crippen LogP contribution is -2.25. The molecule has 0 radical (unpaired) electrons. The molecule has 3 rings (SSSR count). The van der Waals surface area contributed by atoms with E-state index in [0.717, 1.165) is 36.0 Å². The molecule has 0 N–H and O–H groups in total. The Morgan fingerprint density at radius 1 is 0.857 bits per heavy atom. The smallest absolute Gasteiger partial charge is 0.119 e. The standard InChI is InChI=1S/C27H44O/c1-4-6-7-22-8-10-23(11-9-22)24-12-14-25(15-13-24)26-16-18-27(19-17-26)28-20-21(3)5-2/h16-19,21-25H,4-15,20H2,1-3H3/t21-,22?,23?,24?,25?/m0/s1. The first-order valence-corrected chi connectivity index (χ1v) is 12.4. The van der Waals surface area contributed by atoms with Crippen LogP contribution < -0.4 is 4.74 Å². The van der Waals surface area contributed by atoms with Crippen LogP contribution in [0.5, 0.6) is 5.75 Å². The highest BCUT2D eigenvalue weighted by Gasteiger charge is 2.31. The molecular weight excluding hydrogens is 340 g/mol. The first kappa shape index (κ1) is 21.7. The molecule has 0 spiro atoms. The Hall–Kier alpha value is -0.980. The quantitative estimate of drug-likeness (QED) is 0.415. The zero-order chi connectivity index (χ0) is 19.8. The second-order valence-electron chi connectivity index (χ2n) is 9.93. The average Bonchev–Trinajstić information content (AvgIpc) is 2.77. The van der Waals surface area contributed by atoms with Crippen LogP contribution in [0.3, 0.4) is 0 Å². The molecule has 28 heavy (non-hydrogen) atoms. The van der Waals surface area contributed by atoms with Crippen LogP contribution in [0.4, 0.5) is 0 Å². The molecule has 1 aromatic carbocycles. The van der Waals surface area contributed by atoms with Crippen LogP contribution in [0, 0.1) is 23.7 Å². The molecule has 1 nitrogen and oxygen atoms in total. The van der Waals surface area contributed by atoms with Gasteiger partial charge in [-0.15, -0.1) is 0 Å². The van der Waals surface area contributed by atoms with Gasteiger partial charge in [0.25, 0.3) is 0 Å². The molecule has 2 aliphatic carbocycles. The average molecular weight is 385 g/mol. The summed E-state index contributed by atoms with van der Waals surface area (Å²) in [6.07, 6.45) is 17.3. The second-order valence-corrected chi connectivity index (χ2v) is 9.93. The summed E-state index contributed by atoms with van der Waals surface area (Å²) in [7, 11) is 0. The van der Waals surface area contributed by atoms with Gasteiger partial charge in [-0.3, -0.25) is 0 Å². The van der Waals surface area contributed by atoms with Gasteiger partial charge in [0.1, 0.15) is 5.75 Å². The number of benzene rings is 1. The molecule has 0 saturated heterocycles. The van der Waals surface area contributed by atoms with Crippen molar-refractivity contribution in [1.29, 1.82) is 0 Å². The summed E-state index contributed by atoms with van der Waals surface area (Å²) in [5, 5.41) is 0. The fourth-order valence-corrected chi connectivity index (χ4v) is 5.56. The minimum absolute atomic E-state index is 0.636. The first-order chi connectivity index (χ1) is 13.7. The molecule has 2 fully saturated rings. The van der Waals surface area contributed by atoms with Crippen LogP contribution in [-0.4, -0.2) is 6.61 Å². The second kappa shape index (κ2) is 11.3. The molecule has 0 aromatic heterocycles. The van der Waals surface area contributed by atoms with Crippen LogP contribution in [0.2, 0.25) is 0 Å². The number of hydrogen-bond donors (Lipinski definition) is 0. The van der Waals surface area contributed by atoms with Crippen molar-refractivity contribution in [1.82, 2.24) is 0 Å². The Kier molecular flexibility index (Phi) is 8.74. The van der Waals surface area contributed by atoms with Crippen molar-refractivity contribution in [3.63, 3.8) is 0 Å². The Morgan fingerprint density at radius 3 is 2.04 bits per heavy atom. The number of unbranched alkanes of at least 4 members (excludes halogenated alkanes) is 1. The normalized spacial score (nSPS) is 29.4. The van der Waals surface area contributed by atoms with Crippen molar-refractivity contribution in [2.45, 2.75) is 104 Å². The monoisotopic (exact) mass is 384 g/mol. The molecule has 0 heterocycles. The zero-order valence-corrected chi connectivity index (χ0v) is 18.8. The summed E-state index contributed by atoms with van der Waals surface area (Å²) in [5.41, 5.74) is 1.54. The Bertz CT molecular complexity index is 532. The van der Waals surface area contributed by atoms with Gasteiger partial charge in [0.05, 0.1) is 6.61 Å². The van der Waals surface area contributed by atoms with Gasteiger partial charge in [-0.1, -0.05) is 71.4 Å². The van der Waals surface area contributed by atoms with Crippen molar-refractivity contribution in [3.05, 3.63) is 29.8 Å². The summed E-state index contributed by atoms with van der Waals surface area (Å²) in [4.78, 5) is 0. The topological polar surface area (TPSA) is 9.23 Å². The van der Waals surface area contributed by atoms with Crippen molar-refractivity contribution in [2.24, 2.45) is 23.7 Å². The van der Waals surface area contributed by atoms with E-state index in [9.17, 15) is 0 Å². The molecule has 158 valence electrons. The summed E-state index contributed by atoms with van der Waals surface area (Å²) in [5.74, 6) is 5.56. The van der Waals surface area contributed by atoms with Crippen LogP contribution in [0.1, 0.15) is 109 Å². The van der Waals surface area contributed by atoms with E-state index in [4.69, 9.17) is 4.74 Å². The summed E-state index contributed by atoms with van der Waals surface area (Å²) < 4.78 is 5.93. The van der Waals surface area contributed by atoms with Gasteiger partial charge in [-0.05, 0) is 85.8 Å². The number of ether oxygens (including phenoxy) is 1. The lowest BCUT2D eigenvalue weighted by atomic mass is 9.68. The Morgan fingerprint density at radius 2 is 1.46 bits per heavy atom. The van der Waals surface area contributed by atoms with Gasteiger partial charge in [0.15, 0.2) is 0 Å². The van der Waals surface area contributed by atoms with Gasteiger partial charge in [-0.2, -0.15) is 0 Å². The van der Waals surface area contributed by atoms with Gasteiger partial charge in [0, 0.05) is 0 Å². The van der Waals surface area contributed by atoms with Gasteiger partial charge < -0.3 is 4.74 Å². The van der Waals surface area contributed by atoms with E-state index in [-0.39, 0.29) is 0 Å². The Labute approximate surface area is 174 Å². The molecule has 2 aliphatic rings. The summed E-state index contributed by atoms with van der Waals surface area (Å²) in [6, 6.07) is 9.05. The predicted molar refractivity (Wildman–Crippen MR) is 121 cm³/mol. The molecule has 1 heteroatoms. The van der Waals surface area contributed by atoms with E-state index in [2.05, 4.69) is 45.0 Å². The maximum absolute atomic E-state index is 5.93. The van der Waals surface area contributed by atoms with E-state index in [1.807, 2.05) is 0 Å². The maximum atomic E-state index is 5.93. The maximum Gasteiger partial charge on any atom is 0.119 e. The number of rotatable bonds is 9. The van der Waals surface area contributed by atoms with Gasteiger partial charge in [-0.25, -0.2) is 0 Å². The van der Waals surface area contributed by atoms with Crippen LogP contribution in [0.25, 0.3) is 0 Å². The number of hydrogen-bond acceptors (Lipinski definition) is 1. The fraction of sp³-hybridized carbons (Fsp3) is 0.778. The third-order valence-electron chi connectivity index (χ3n) is 7.88. The van der Waals surface area contributed by atoms with Crippen LogP contribution >= 0.6 is 0 Å². The highest BCUT2D eigenvalue weighted by atomic mass is 16.5. The highest BCUT2D eigenvalue weighted by Crippen LogP contribution is 2.44. The van der Waals surface area contributed by atoms with E-state index in [1.54, 1.807) is 0 Å². The molecule has 1 atom stereocenters. The predicted octanol–water partition coefficient (Wildman–Crippen LogP) is 8.38. The van der Waals surface area contributed by atoms with Gasteiger partial charge >= 0.3 is 0 Å². The van der Waals surface area contributed by atoms with E-state index >= 15 is 0 Å². The Balaban J connectivity index is 1.40. The molecular formula is C27H44O. The fourth-order valence-electron chi connectivity index (χ4n) is 5.56. The van der Waals surface area contributed by atoms with Crippen molar-refractivity contribution in [2.75, 3.05) is 6.61 Å². The van der Waals surface area contributed by atoms with Crippen molar-refractivity contribution >= 4 is 0 Å². The molecule has 1 aromatic rings. The minimum Gasteiger partial charge on any atom is -0.493 e. The minimum atomic E-state index is 0.636. The molecule has 0 unspecified atom stereocenters. The molecule has 0 bridgehead atoms. The van der Waals surface area contributed by atoms with Crippen molar-refractivity contribution in [3.8, 4) is 5.75 Å². The largest absolute Gasteiger partial charge is 0.493 e. The van der Waals surface area contributed by atoms with E-state index < -0.39 is 0 Å². The summed E-state index contributed by atoms with van der Waals surface area (Å²) in [6.45, 7) is 7.65. The third-order valence-corrected chi connectivity index (χ3v) is 7.88. The molecule has 2 saturated carbocycles. The lowest BCUT2D eigenvalue weighted by molar-refractivity contribution is 0.156. The van der Waals surface area contributed by atoms with Crippen molar-refractivity contribution < 1.29 is 4.74 Å². The van der Waals surface area contributed by atoms with E-state index in [1.165, 1.54) is 82.6 Å². The first-order valence-electron chi connectivity index (χ1n) is 12.4. The van der Waals surface area contributed by atoms with Crippen LogP contribution in [0.15, 0.2) is 24.3 Å². The molecule has 0 aliphatic heterocycles. The SMILES string of the molecule is CCCCC1CCC(C2CCC(c3ccc(OC[C@@H](C)CC)cc3)CC2)CC1. The zero-order valence-electron chi connectivity index (χ0n) is 18.8. The highest BCUT2D eigenvalue weighted by molar-refractivity contribution is 5.29. The molecule has 0 amide bonds. The van der Waals surface area contributed by atoms with Crippen LogP contribution in [-0.2, 0) is 0 Å². The third kappa shape index (κ3) is 6.26. The van der Waals surface area contributed by atoms with E-state index in [0.29, 0.717) is 5.92 Å². The lowest BCUT2D eigenvalue weighted by Gasteiger charge is -2.38. The summed E-state index contributed by atoms with van der Waals surface area (Å²) >= 11 is 0. The van der Waals surface area contributed by atoms with Gasteiger partial charge in [0.2, 0.25) is 0 Å².